The van der Waals surface area contributed by atoms with Gasteiger partial charge in [0.15, 0.2) is 11.5 Å². The van der Waals surface area contributed by atoms with Crippen LogP contribution in [0, 0.1) is 11.8 Å². The van der Waals surface area contributed by atoms with Crippen LogP contribution in [0.1, 0.15) is 24.0 Å². The summed E-state index contributed by atoms with van der Waals surface area (Å²) in [5.41, 5.74) is 2.25. The van der Waals surface area contributed by atoms with Gasteiger partial charge in [0, 0.05) is 25.1 Å². The van der Waals surface area contributed by atoms with Crippen LogP contribution in [0.5, 0.6) is 11.5 Å². The van der Waals surface area contributed by atoms with Crippen molar-refractivity contribution in [2.24, 2.45) is 11.8 Å². The number of benzene rings is 1. The van der Waals surface area contributed by atoms with Crippen molar-refractivity contribution in [3.05, 3.63) is 23.3 Å². The fraction of sp³-hybridized carbons (Fsp3) is 0.632. The topological polar surface area (TPSA) is 66.0 Å². The molecular weight excluding hydrogens is 322 g/mol. The lowest BCUT2D eigenvalue weighted by molar-refractivity contribution is -0.160. The monoisotopic (exact) mass is 345 g/mol. The van der Waals surface area contributed by atoms with Crippen molar-refractivity contribution in [3.8, 4) is 11.5 Å². The number of carbonyl (C=O) groups is 1. The molecule has 6 heteroatoms. The normalized spacial score (nSPS) is 37.1. The summed E-state index contributed by atoms with van der Waals surface area (Å²) in [5, 5.41) is 3.15. The number of nitrogens with one attached hydrogen (secondary N) is 1. The first kappa shape index (κ1) is 15.5. The first-order chi connectivity index (χ1) is 12.2. The van der Waals surface area contributed by atoms with Gasteiger partial charge >= 0.3 is 0 Å². The van der Waals surface area contributed by atoms with Gasteiger partial charge in [-0.05, 0) is 36.8 Å². The van der Waals surface area contributed by atoms with E-state index in [2.05, 4.69) is 11.4 Å². The van der Waals surface area contributed by atoms with Crippen molar-refractivity contribution in [2.45, 2.75) is 36.9 Å². The quantitative estimate of drug-likeness (QED) is 0.836. The second kappa shape index (κ2) is 5.35. The molecule has 6 nitrogen and oxygen atoms in total. The molecule has 1 amide bonds. The van der Waals surface area contributed by atoms with Gasteiger partial charge in [-0.3, -0.25) is 4.79 Å². The Bertz CT molecular complexity index is 735. The zero-order chi connectivity index (χ0) is 17.2. The molecule has 2 bridgehead atoms. The molecule has 2 fully saturated rings. The van der Waals surface area contributed by atoms with Gasteiger partial charge in [-0.2, -0.15) is 0 Å². The van der Waals surface area contributed by atoms with Crippen LogP contribution in [-0.2, 0) is 26.1 Å². The molecular formula is C19H23NO5. The minimum absolute atomic E-state index is 0.0232. The third kappa shape index (κ3) is 1.84. The number of carbonyl (C=O) groups excluding carboxylic acids is 1. The summed E-state index contributed by atoms with van der Waals surface area (Å²) in [5.74, 6) is 2.12. The lowest BCUT2D eigenvalue weighted by Crippen LogP contribution is -2.68. The molecule has 1 aromatic rings. The number of rotatable bonds is 4. The third-order valence-electron chi connectivity index (χ3n) is 6.62. The highest BCUT2D eigenvalue weighted by Crippen LogP contribution is 2.62. The summed E-state index contributed by atoms with van der Waals surface area (Å²) >= 11 is 0. The Labute approximate surface area is 146 Å². The molecule has 2 aliphatic carbocycles. The molecule has 1 saturated heterocycles. The largest absolute Gasteiger partial charge is 0.493 e. The van der Waals surface area contributed by atoms with Crippen LogP contribution < -0.4 is 14.8 Å². The van der Waals surface area contributed by atoms with Crippen molar-refractivity contribution < 1.29 is 23.7 Å². The molecule has 1 saturated carbocycles. The van der Waals surface area contributed by atoms with Gasteiger partial charge in [-0.25, -0.2) is 0 Å². The van der Waals surface area contributed by atoms with E-state index in [1.54, 1.807) is 14.2 Å². The van der Waals surface area contributed by atoms with E-state index in [4.69, 9.17) is 18.9 Å². The van der Waals surface area contributed by atoms with Crippen LogP contribution in [-0.4, -0.2) is 45.7 Å². The van der Waals surface area contributed by atoms with Crippen molar-refractivity contribution in [1.29, 1.82) is 0 Å². The van der Waals surface area contributed by atoms with E-state index in [1.165, 1.54) is 11.1 Å². The van der Waals surface area contributed by atoms with Crippen LogP contribution in [0.3, 0.4) is 0 Å². The maximum absolute atomic E-state index is 12.5. The summed E-state index contributed by atoms with van der Waals surface area (Å²) in [7, 11) is 3.30. The highest BCUT2D eigenvalue weighted by Gasteiger charge is 2.66. The summed E-state index contributed by atoms with van der Waals surface area (Å²) < 4.78 is 23.2. The zero-order valence-electron chi connectivity index (χ0n) is 14.5. The minimum atomic E-state index is -0.216. The molecule has 134 valence electrons. The van der Waals surface area contributed by atoms with Crippen molar-refractivity contribution >= 4 is 5.91 Å². The van der Waals surface area contributed by atoms with E-state index in [0.717, 1.165) is 30.8 Å². The van der Waals surface area contributed by atoms with Gasteiger partial charge in [0.1, 0.15) is 12.9 Å². The SMILES string of the molecule is COCO[C@H]1CC[C@@H]2[C@@H]3Cc4ccc(OC)c5c4[C@]2(CNC3=O)[C@@H]1O5. The fourth-order valence-corrected chi connectivity index (χ4v) is 5.72. The van der Waals surface area contributed by atoms with Crippen LogP contribution >= 0.6 is 0 Å². The molecule has 5 atom stereocenters. The van der Waals surface area contributed by atoms with Gasteiger partial charge in [-0.1, -0.05) is 6.07 Å². The second-order valence-electron chi connectivity index (χ2n) is 7.53. The summed E-state index contributed by atoms with van der Waals surface area (Å²) in [6, 6.07) is 4.06. The number of methoxy groups -OCH3 is 2. The predicted molar refractivity (Wildman–Crippen MR) is 88.8 cm³/mol. The maximum Gasteiger partial charge on any atom is 0.223 e. The Balaban J connectivity index is 1.68. The molecule has 4 aliphatic rings. The summed E-state index contributed by atoms with van der Waals surface area (Å²) in [4.78, 5) is 12.5. The molecule has 0 unspecified atom stereocenters. The van der Waals surface area contributed by atoms with E-state index in [-0.39, 0.29) is 36.2 Å². The van der Waals surface area contributed by atoms with Gasteiger partial charge < -0.3 is 24.3 Å². The number of amides is 1. The van der Waals surface area contributed by atoms with E-state index in [1.807, 2.05) is 6.07 Å². The Morgan fingerprint density at radius 1 is 1.32 bits per heavy atom. The van der Waals surface area contributed by atoms with E-state index >= 15 is 0 Å². The highest BCUT2D eigenvalue weighted by atomic mass is 16.7. The fourth-order valence-electron chi connectivity index (χ4n) is 5.72. The first-order valence-electron chi connectivity index (χ1n) is 8.96. The zero-order valence-corrected chi connectivity index (χ0v) is 14.5. The van der Waals surface area contributed by atoms with E-state index < -0.39 is 0 Å². The minimum Gasteiger partial charge on any atom is -0.493 e. The average molecular weight is 345 g/mol. The smallest absolute Gasteiger partial charge is 0.223 e. The molecule has 1 aromatic carbocycles. The van der Waals surface area contributed by atoms with Gasteiger partial charge in [0.2, 0.25) is 5.91 Å². The van der Waals surface area contributed by atoms with Gasteiger partial charge in [0.25, 0.3) is 0 Å². The lowest BCUT2D eigenvalue weighted by Gasteiger charge is -2.55. The molecule has 1 spiro atoms. The van der Waals surface area contributed by atoms with E-state index in [9.17, 15) is 4.79 Å². The predicted octanol–water partition coefficient (Wildman–Crippen LogP) is 1.40. The van der Waals surface area contributed by atoms with Gasteiger partial charge in [-0.15, -0.1) is 0 Å². The summed E-state index contributed by atoms with van der Waals surface area (Å²) in [6.07, 6.45) is 2.48. The molecule has 2 heterocycles. The first-order valence-corrected chi connectivity index (χ1v) is 8.96. The molecule has 2 aliphatic heterocycles. The number of hydrogen-bond acceptors (Lipinski definition) is 5. The maximum atomic E-state index is 12.5. The molecule has 5 rings (SSSR count). The van der Waals surface area contributed by atoms with Crippen molar-refractivity contribution in [2.75, 3.05) is 27.6 Å². The molecule has 1 N–H and O–H groups in total. The van der Waals surface area contributed by atoms with Crippen molar-refractivity contribution in [3.63, 3.8) is 0 Å². The van der Waals surface area contributed by atoms with Crippen LogP contribution in [0.2, 0.25) is 0 Å². The third-order valence-corrected chi connectivity index (χ3v) is 6.62. The lowest BCUT2D eigenvalue weighted by atomic mass is 9.51. The number of ether oxygens (including phenoxy) is 4. The van der Waals surface area contributed by atoms with E-state index in [0.29, 0.717) is 12.5 Å². The molecule has 0 radical (unpaired) electrons. The number of piperidine rings is 1. The van der Waals surface area contributed by atoms with Crippen molar-refractivity contribution in [1.82, 2.24) is 5.32 Å². The second-order valence-corrected chi connectivity index (χ2v) is 7.53. The Morgan fingerprint density at radius 3 is 3.00 bits per heavy atom. The number of hydrogen-bond donors (Lipinski definition) is 1. The Morgan fingerprint density at radius 2 is 2.20 bits per heavy atom. The Hall–Kier alpha value is -1.79. The summed E-state index contributed by atoms with van der Waals surface area (Å²) in [6.45, 7) is 0.860. The van der Waals surface area contributed by atoms with Crippen LogP contribution in [0.4, 0.5) is 0 Å². The Kier molecular flexibility index (Phi) is 3.31. The molecule has 25 heavy (non-hydrogen) atoms. The van der Waals surface area contributed by atoms with Crippen LogP contribution in [0.15, 0.2) is 12.1 Å². The van der Waals surface area contributed by atoms with Crippen LogP contribution in [0.25, 0.3) is 0 Å². The highest BCUT2D eigenvalue weighted by molar-refractivity contribution is 5.83. The average Bonchev–Trinajstić information content (AvgIpc) is 2.98. The molecule has 0 aromatic heterocycles. The van der Waals surface area contributed by atoms with Gasteiger partial charge in [0.05, 0.1) is 18.6 Å². The standard InChI is InChI=1S/C19H23NO5/c1-22-9-24-14-6-4-12-11-7-10-3-5-13(23-2)16-15(10)19(12,17(14)25-16)8-20-18(11)21/h3,5,11-12,14,17H,4,6-9H2,1-2H3,(H,20,21)/t11-,12+,14-,17+,19+/m0/s1.